The first-order chi connectivity index (χ1) is 4.22. The van der Waals surface area contributed by atoms with E-state index in [-0.39, 0.29) is 110 Å². The quantitative estimate of drug-likeness (QED) is 0.572. The molecule has 0 spiro atoms. The van der Waals surface area contributed by atoms with Gasteiger partial charge < -0.3 is 15.3 Å². The van der Waals surface area contributed by atoms with Crippen LogP contribution in [0.15, 0.2) is 18.2 Å². The van der Waals surface area contributed by atoms with Gasteiger partial charge >= 0.3 is 0 Å². The Morgan fingerprint density at radius 1 is 0.750 bits per heavy atom. The van der Waals surface area contributed by atoms with E-state index >= 15 is 0 Å². The minimum absolute atomic E-state index is 0. The zero-order valence-electron chi connectivity index (χ0n) is 6.31. The van der Waals surface area contributed by atoms with Crippen LogP contribution in [0.5, 0.6) is 17.2 Å². The second-order valence-electron chi connectivity index (χ2n) is 1.64. The first-order valence-corrected chi connectivity index (χ1v) is 2.41. The molecule has 0 aliphatic heterocycles. The van der Waals surface area contributed by atoms with E-state index in [1.165, 1.54) is 18.2 Å². The normalized spacial score (nSPS) is 7.00. The van der Waals surface area contributed by atoms with Gasteiger partial charge in [0.1, 0.15) is 0 Å². The Labute approximate surface area is 146 Å². The van der Waals surface area contributed by atoms with E-state index in [2.05, 4.69) is 0 Å². The fourth-order valence-electron chi connectivity index (χ4n) is 0.519. The second-order valence-corrected chi connectivity index (χ2v) is 1.64. The molecule has 0 saturated heterocycles. The summed E-state index contributed by atoms with van der Waals surface area (Å²) in [6, 6.07) is 4.01. The zero-order chi connectivity index (χ0) is 6.85. The number of hydrogen-bond acceptors (Lipinski definition) is 3. The molecule has 0 unspecified atom stereocenters. The van der Waals surface area contributed by atoms with Crippen molar-refractivity contribution in [1.82, 2.24) is 0 Å². The molecule has 0 amide bonds. The molecule has 0 bridgehead atoms. The summed E-state index contributed by atoms with van der Waals surface area (Å²) in [5, 5.41) is 26.1. The number of phenols is 3. The van der Waals surface area contributed by atoms with Gasteiger partial charge in [-0.05, 0) is 12.1 Å². The Morgan fingerprint density at radius 3 is 1.33 bits per heavy atom. The number of aromatic hydroxyl groups is 3. The van der Waals surface area contributed by atoms with E-state index in [9.17, 15) is 0 Å². The van der Waals surface area contributed by atoms with Crippen LogP contribution in [0.2, 0.25) is 0 Å². The molecule has 3 N–H and O–H groups in total. The predicted molar refractivity (Wildman–Crippen MR) is 31.4 cm³/mol. The molecule has 3 nitrogen and oxygen atoms in total. The Morgan fingerprint density at radius 2 is 1.08 bits per heavy atom. The van der Waals surface area contributed by atoms with Crippen LogP contribution in [0, 0.1) is 0 Å². The molecule has 1 aromatic rings. The van der Waals surface area contributed by atoms with Gasteiger partial charge in [-0.2, -0.15) is 0 Å². The third-order valence-electron chi connectivity index (χ3n) is 0.993. The third-order valence-corrected chi connectivity index (χ3v) is 0.993. The van der Waals surface area contributed by atoms with Gasteiger partial charge in [0.05, 0.1) is 0 Å². The topological polar surface area (TPSA) is 60.7 Å². The molecule has 12 heavy (non-hydrogen) atoms. The molecule has 57 valence electrons. The Kier molecular flexibility index (Phi) is 15.4. The number of rotatable bonds is 0. The van der Waals surface area contributed by atoms with E-state index in [0.717, 1.165) is 0 Å². The fourth-order valence-corrected chi connectivity index (χ4v) is 0.519. The van der Waals surface area contributed by atoms with Gasteiger partial charge in [-0.15, -0.1) is 0 Å². The number of phenolic OH excluding ortho intramolecular Hbond substituents is 3. The fraction of sp³-hybridized carbons (Fsp3) is 0. The molecular formula is C6H6O3Y3. The first kappa shape index (κ1) is 19.5. The minimum atomic E-state index is -0.475. The van der Waals surface area contributed by atoms with Crippen molar-refractivity contribution < 1.29 is 113 Å². The van der Waals surface area contributed by atoms with Gasteiger partial charge in [0, 0.05) is 98.1 Å². The molecule has 0 aromatic heterocycles. The first-order valence-electron chi connectivity index (χ1n) is 2.41. The monoisotopic (exact) mass is 393 g/mol. The molecule has 0 aliphatic rings. The summed E-state index contributed by atoms with van der Waals surface area (Å²) in [6.45, 7) is 0. The minimum Gasteiger partial charge on any atom is -0.504 e. The Hall–Kier alpha value is 1.93. The van der Waals surface area contributed by atoms with Gasteiger partial charge in [0.2, 0.25) is 0 Å². The van der Waals surface area contributed by atoms with Gasteiger partial charge in [0.15, 0.2) is 17.2 Å². The second kappa shape index (κ2) is 9.49. The molecule has 1 rings (SSSR count). The van der Waals surface area contributed by atoms with E-state index in [0.29, 0.717) is 0 Å². The van der Waals surface area contributed by atoms with E-state index in [1.54, 1.807) is 0 Å². The summed E-state index contributed by atoms with van der Waals surface area (Å²) in [5.74, 6) is -1.09. The molecule has 6 heteroatoms. The Balaban J connectivity index is -0.000000270. The van der Waals surface area contributed by atoms with Crippen molar-refractivity contribution >= 4 is 0 Å². The third kappa shape index (κ3) is 5.62. The number of hydrogen-bond donors (Lipinski definition) is 3. The van der Waals surface area contributed by atoms with Crippen molar-refractivity contribution in [3.05, 3.63) is 18.2 Å². The standard InChI is InChI=1S/C6H6O3.3Y/c7-4-2-1-3-5(8)6(4)9;;;/h1-3,7-9H;;;. The van der Waals surface area contributed by atoms with Crippen LogP contribution in [-0.4, -0.2) is 15.3 Å². The summed E-state index contributed by atoms with van der Waals surface area (Å²) in [4.78, 5) is 0. The van der Waals surface area contributed by atoms with E-state index in [1.807, 2.05) is 0 Å². The van der Waals surface area contributed by atoms with E-state index in [4.69, 9.17) is 15.3 Å². The molecule has 1 aromatic carbocycles. The van der Waals surface area contributed by atoms with Crippen molar-refractivity contribution in [3.8, 4) is 17.2 Å². The maximum atomic E-state index is 8.71. The van der Waals surface area contributed by atoms with Crippen LogP contribution < -0.4 is 0 Å². The average molecular weight is 393 g/mol. The van der Waals surface area contributed by atoms with Crippen molar-refractivity contribution in [1.29, 1.82) is 0 Å². The zero-order valence-corrected chi connectivity index (χ0v) is 14.8. The molecule has 0 aliphatic carbocycles. The van der Waals surface area contributed by atoms with Crippen molar-refractivity contribution in [2.45, 2.75) is 0 Å². The SMILES string of the molecule is Oc1cccc(O)c1O.[Y].[Y].[Y]. The van der Waals surface area contributed by atoms with Gasteiger partial charge in [-0.1, -0.05) is 6.07 Å². The van der Waals surface area contributed by atoms with Crippen LogP contribution in [0.3, 0.4) is 0 Å². The molecule has 0 fully saturated rings. The van der Waals surface area contributed by atoms with Crippen molar-refractivity contribution in [2.75, 3.05) is 0 Å². The predicted octanol–water partition coefficient (Wildman–Crippen LogP) is 0.796. The maximum absolute atomic E-state index is 8.71. The maximum Gasteiger partial charge on any atom is 0.200 e. The number of para-hydroxylation sites is 1. The van der Waals surface area contributed by atoms with Crippen molar-refractivity contribution in [2.24, 2.45) is 0 Å². The molecule has 3 radical (unpaired) electrons. The molecule has 0 heterocycles. The summed E-state index contributed by atoms with van der Waals surface area (Å²) < 4.78 is 0. The van der Waals surface area contributed by atoms with Crippen LogP contribution in [0.1, 0.15) is 0 Å². The van der Waals surface area contributed by atoms with Gasteiger partial charge in [-0.3, -0.25) is 0 Å². The van der Waals surface area contributed by atoms with Crippen LogP contribution in [-0.2, 0) is 98.1 Å². The average Bonchev–Trinajstić information content (AvgIpc) is 1.83. The summed E-state index contributed by atoms with van der Waals surface area (Å²) in [6.07, 6.45) is 0. The van der Waals surface area contributed by atoms with Crippen molar-refractivity contribution in [3.63, 3.8) is 0 Å². The Bertz CT molecular complexity index is 209. The molecular weight excluding hydrogens is 387 g/mol. The smallest absolute Gasteiger partial charge is 0.200 e. The number of benzene rings is 1. The summed E-state index contributed by atoms with van der Waals surface area (Å²) >= 11 is 0. The molecule has 0 atom stereocenters. The van der Waals surface area contributed by atoms with Gasteiger partial charge in [-0.25, -0.2) is 0 Å². The summed E-state index contributed by atoms with van der Waals surface area (Å²) in [5.41, 5.74) is 0. The van der Waals surface area contributed by atoms with Crippen LogP contribution in [0.25, 0.3) is 0 Å². The van der Waals surface area contributed by atoms with Crippen LogP contribution >= 0.6 is 0 Å². The summed E-state index contributed by atoms with van der Waals surface area (Å²) in [7, 11) is 0. The van der Waals surface area contributed by atoms with Gasteiger partial charge in [0.25, 0.3) is 0 Å². The van der Waals surface area contributed by atoms with E-state index < -0.39 is 5.75 Å². The van der Waals surface area contributed by atoms with Crippen LogP contribution in [0.4, 0.5) is 0 Å². The largest absolute Gasteiger partial charge is 0.504 e. The molecule has 0 saturated carbocycles.